The van der Waals surface area contributed by atoms with Gasteiger partial charge in [-0.3, -0.25) is 4.79 Å². The monoisotopic (exact) mass is 263 g/mol. The molecule has 19 heavy (non-hydrogen) atoms. The van der Waals surface area contributed by atoms with Gasteiger partial charge in [0.15, 0.2) is 0 Å². The molecule has 0 fully saturated rings. The normalized spacial score (nSPS) is 15.7. The lowest BCUT2D eigenvalue weighted by Gasteiger charge is -2.25. The van der Waals surface area contributed by atoms with E-state index in [-0.39, 0.29) is 12.1 Å². The molecular weight excluding hydrogens is 238 g/mol. The zero-order valence-corrected chi connectivity index (χ0v) is 12.6. The fourth-order valence-corrected chi connectivity index (χ4v) is 1.81. The lowest BCUT2D eigenvalue weighted by molar-refractivity contribution is -0.154. The van der Waals surface area contributed by atoms with Gasteiger partial charge in [-0.2, -0.15) is 0 Å². The summed E-state index contributed by atoms with van der Waals surface area (Å²) in [6.45, 7) is 9.72. The highest BCUT2D eigenvalue weighted by Gasteiger charge is 2.31. The molecule has 0 saturated carbocycles. The molecule has 0 heterocycles. The van der Waals surface area contributed by atoms with E-state index in [2.05, 4.69) is 26.0 Å². The second-order valence-corrected chi connectivity index (χ2v) is 5.64. The van der Waals surface area contributed by atoms with Gasteiger partial charge in [0.2, 0.25) is 0 Å². The van der Waals surface area contributed by atoms with E-state index in [1.807, 2.05) is 19.9 Å². The Morgan fingerprint density at radius 1 is 1.37 bits per heavy atom. The Morgan fingerprint density at radius 2 is 2.00 bits per heavy atom. The maximum absolute atomic E-state index is 12.0. The van der Waals surface area contributed by atoms with Crippen LogP contribution in [0, 0.1) is 13.8 Å². The van der Waals surface area contributed by atoms with Crippen LogP contribution in [0.25, 0.3) is 0 Å². The molecule has 2 atom stereocenters. The maximum Gasteiger partial charge on any atom is 0.326 e. The summed E-state index contributed by atoms with van der Waals surface area (Å²) in [6.07, 6.45) is 1.20. The summed E-state index contributed by atoms with van der Waals surface area (Å²) < 4.78 is 5.33. The van der Waals surface area contributed by atoms with Crippen molar-refractivity contribution in [2.45, 2.75) is 59.1 Å². The van der Waals surface area contributed by atoms with E-state index in [0.29, 0.717) is 6.42 Å². The Kier molecular flexibility index (Phi) is 5.12. The number of carbonyl (C=O) groups excluding carboxylic acids is 1. The minimum atomic E-state index is -0.981. The SMILES string of the molecule is CCC(C)OC(=O)[C@@](C)(N)Cc1ccc(C)c(C)c1. The van der Waals surface area contributed by atoms with Crippen molar-refractivity contribution in [3.05, 3.63) is 34.9 Å². The molecule has 0 radical (unpaired) electrons. The predicted molar refractivity (Wildman–Crippen MR) is 78.1 cm³/mol. The van der Waals surface area contributed by atoms with Crippen LogP contribution in [0.5, 0.6) is 0 Å². The molecule has 1 aromatic rings. The average Bonchev–Trinajstić information content (AvgIpc) is 2.33. The summed E-state index contributed by atoms with van der Waals surface area (Å²) in [5, 5.41) is 0. The molecule has 0 aromatic heterocycles. The topological polar surface area (TPSA) is 52.3 Å². The predicted octanol–water partition coefficient (Wildman–Crippen LogP) is 2.91. The molecule has 0 saturated heterocycles. The van der Waals surface area contributed by atoms with Crippen LogP contribution in [-0.4, -0.2) is 17.6 Å². The van der Waals surface area contributed by atoms with Crippen molar-refractivity contribution in [1.29, 1.82) is 0 Å². The van der Waals surface area contributed by atoms with Crippen LogP contribution < -0.4 is 5.73 Å². The first-order valence-corrected chi connectivity index (χ1v) is 6.82. The molecular formula is C16H25NO2. The minimum absolute atomic E-state index is 0.0878. The van der Waals surface area contributed by atoms with Crippen molar-refractivity contribution < 1.29 is 9.53 Å². The third kappa shape index (κ3) is 4.35. The molecule has 2 N–H and O–H groups in total. The number of nitrogens with two attached hydrogens (primary N) is 1. The minimum Gasteiger partial charge on any atom is -0.461 e. The third-order valence-corrected chi connectivity index (χ3v) is 3.49. The van der Waals surface area contributed by atoms with Crippen LogP contribution in [-0.2, 0) is 16.0 Å². The summed E-state index contributed by atoms with van der Waals surface area (Å²) in [4.78, 5) is 12.0. The van der Waals surface area contributed by atoms with Gasteiger partial charge in [0.05, 0.1) is 6.10 Å². The van der Waals surface area contributed by atoms with Gasteiger partial charge in [-0.15, -0.1) is 0 Å². The van der Waals surface area contributed by atoms with Gasteiger partial charge in [-0.05, 0) is 50.8 Å². The number of hydrogen-bond acceptors (Lipinski definition) is 3. The van der Waals surface area contributed by atoms with Crippen molar-refractivity contribution >= 4 is 5.97 Å². The van der Waals surface area contributed by atoms with E-state index in [0.717, 1.165) is 12.0 Å². The molecule has 0 amide bonds. The van der Waals surface area contributed by atoms with Crippen LogP contribution in [0.4, 0.5) is 0 Å². The molecule has 0 aliphatic rings. The molecule has 0 aliphatic carbocycles. The van der Waals surface area contributed by atoms with Crippen LogP contribution in [0.15, 0.2) is 18.2 Å². The Balaban J connectivity index is 2.77. The molecule has 1 unspecified atom stereocenters. The largest absolute Gasteiger partial charge is 0.461 e. The highest BCUT2D eigenvalue weighted by Crippen LogP contribution is 2.17. The zero-order chi connectivity index (χ0) is 14.6. The fraction of sp³-hybridized carbons (Fsp3) is 0.562. The van der Waals surface area contributed by atoms with Crippen LogP contribution in [0.2, 0.25) is 0 Å². The van der Waals surface area contributed by atoms with Crippen molar-refractivity contribution in [2.75, 3.05) is 0 Å². The second kappa shape index (κ2) is 6.20. The number of aryl methyl sites for hydroxylation is 2. The first-order chi connectivity index (χ1) is 8.76. The van der Waals surface area contributed by atoms with Gasteiger partial charge < -0.3 is 10.5 Å². The second-order valence-electron chi connectivity index (χ2n) is 5.64. The number of benzene rings is 1. The Morgan fingerprint density at radius 3 is 2.53 bits per heavy atom. The van der Waals surface area contributed by atoms with E-state index in [1.165, 1.54) is 11.1 Å². The molecule has 0 spiro atoms. The summed E-state index contributed by atoms with van der Waals surface area (Å²) in [5.41, 5.74) is 8.64. The average molecular weight is 263 g/mol. The van der Waals surface area contributed by atoms with Crippen LogP contribution in [0.1, 0.15) is 43.9 Å². The lowest BCUT2D eigenvalue weighted by atomic mass is 9.92. The fourth-order valence-electron chi connectivity index (χ4n) is 1.81. The highest BCUT2D eigenvalue weighted by molar-refractivity contribution is 5.80. The van der Waals surface area contributed by atoms with E-state index in [1.54, 1.807) is 6.92 Å². The number of esters is 1. The number of ether oxygens (including phenoxy) is 1. The molecule has 0 aliphatic heterocycles. The van der Waals surface area contributed by atoms with Crippen molar-refractivity contribution in [3.63, 3.8) is 0 Å². The van der Waals surface area contributed by atoms with Gasteiger partial charge in [0.1, 0.15) is 5.54 Å². The van der Waals surface area contributed by atoms with Crippen molar-refractivity contribution in [1.82, 2.24) is 0 Å². The highest BCUT2D eigenvalue weighted by atomic mass is 16.5. The molecule has 1 rings (SSSR count). The van der Waals surface area contributed by atoms with Crippen molar-refractivity contribution in [3.8, 4) is 0 Å². The molecule has 106 valence electrons. The van der Waals surface area contributed by atoms with Gasteiger partial charge in [-0.25, -0.2) is 0 Å². The quantitative estimate of drug-likeness (QED) is 0.831. The van der Waals surface area contributed by atoms with Crippen LogP contribution >= 0.6 is 0 Å². The third-order valence-electron chi connectivity index (χ3n) is 3.49. The first-order valence-electron chi connectivity index (χ1n) is 6.82. The number of rotatable bonds is 5. The lowest BCUT2D eigenvalue weighted by Crippen LogP contribution is -2.49. The van der Waals surface area contributed by atoms with Gasteiger partial charge in [0, 0.05) is 6.42 Å². The number of carbonyl (C=O) groups is 1. The molecule has 3 heteroatoms. The summed E-state index contributed by atoms with van der Waals surface area (Å²) in [6, 6.07) is 6.15. The van der Waals surface area contributed by atoms with Crippen molar-refractivity contribution in [2.24, 2.45) is 5.73 Å². The molecule has 0 bridgehead atoms. The van der Waals surface area contributed by atoms with Gasteiger partial charge in [0.25, 0.3) is 0 Å². The zero-order valence-electron chi connectivity index (χ0n) is 12.6. The maximum atomic E-state index is 12.0. The van der Waals surface area contributed by atoms with E-state index in [4.69, 9.17) is 10.5 Å². The van der Waals surface area contributed by atoms with Gasteiger partial charge >= 0.3 is 5.97 Å². The van der Waals surface area contributed by atoms with E-state index >= 15 is 0 Å². The number of hydrogen-bond donors (Lipinski definition) is 1. The summed E-state index contributed by atoms with van der Waals surface area (Å²) in [7, 11) is 0. The first kappa shape index (κ1) is 15.7. The Hall–Kier alpha value is -1.35. The van der Waals surface area contributed by atoms with Gasteiger partial charge in [-0.1, -0.05) is 25.1 Å². The molecule has 1 aromatic carbocycles. The Bertz CT molecular complexity index is 452. The van der Waals surface area contributed by atoms with E-state index in [9.17, 15) is 4.79 Å². The summed E-state index contributed by atoms with van der Waals surface area (Å²) >= 11 is 0. The molecule has 3 nitrogen and oxygen atoms in total. The van der Waals surface area contributed by atoms with E-state index < -0.39 is 5.54 Å². The van der Waals surface area contributed by atoms with Crippen LogP contribution in [0.3, 0.4) is 0 Å². The Labute approximate surface area is 116 Å². The summed E-state index contributed by atoms with van der Waals surface area (Å²) in [5.74, 6) is -0.333. The standard InChI is InChI=1S/C16H25NO2/c1-6-13(4)19-15(18)16(5,17)10-14-8-7-11(2)12(3)9-14/h7-9,13H,6,10,17H2,1-5H3/t13?,16-/m0/s1. The smallest absolute Gasteiger partial charge is 0.326 e.